The summed E-state index contributed by atoms with van der Waals surface area (Å²) < 4.78 is 255. The van der Waals surface area contributed by atoms with Gasteiger partial charge in [0.05, 0.1) is 33.2 Å². The van der Waals surface area contributed by atoms with Gasteiger partial charge in [-0.05, 0) is 37.3 Å². The summed E-state index contributed by atoms with van der Waals surface area (Å²) in [4.78, 5) is 11.6. The molecule has 1 aromatic carbocycles. The van der Waals surface area contributed by atoms with E-state index in [0.29, 0.717) is 5.56 Å². The van der Waals surface area contributed by atoms with Crippen molar-refractivity contribution in [1.82, 2.24) is 0 Å². The highest BCUT2D eigenvalue weighted by atomic mass is 32.2. The average molecular weight is 959 g/mol. The molecule has 0 saturated carbocycles. The summed E-state index contributed by atoms with van der Waals surface area (Å²) in [6.07, 6.45) is 3.38. The van der Waals surface area contributed by atoms with Gasteiger partial charge in [0.1, 0.15) is 12.5 Å². The second-order valence-corrected chi connectivity index (χ2v) is 28.9. The van der Waals surface area contributed by atoms with Gasteiger partial charge in [0, 0.05) is 0 Å². The van der Waals surface area contributed by atoms with E-state index in [9.17, 15) is 91.2 Å². The predicted molar refractivity (Wildman–Crippen MR) is 172 cm³/mol. The van der Waals surface area contributed by atoms with Crippen molar-refractivity contribution in [3.05, 3.63) is 41.8 Å². The normalized spacial score (nSPS) is 15.1. The summed E-state index contributed by atoms with van der Waals surface area (Å²) in [5.74, 6) is -0.301. The molecule has 0 spiro atoms. The zero-order valence-electron chi connectivity index (χ0n) is 29.2. The van der Waals surface area contributed by atoms with Gasteiger partial charge < -0.3 is 25.6 Å². The quantitative estimate of drug-likeness (QED) is 0.0595. The highest BCUT2D eigenvalue weighted by Crippen LogP contribution is 2.39. The Morgan fingerprint density at radius 2 is 0.929 bits per heavy atom. The van der Waals surface area contributed by atoms with Crippen molar-refractivity contribution in [3.8, 4) is 0 Å². The maximum atomic E-state index is 12.4. The second-order valence-electron chi connectivity index (χ2n) is 12.7. The molecule has 0 fully saturated rings. The van der Waals surface area contributed by atoms with Crippen LogP contribution in [-0.2, 0) is 66.0 Å². The lowest BCUT2D eigenvalue weighted by Crippen LogP contribution is -2.59. The number of benzene rings is 1. The first-order valence-corrected chi connectivity index (χ1v) is 27.0. The summed E-state index contributed by atoms with van der Waals surface area (Å²) in [6.45, 7) is 5.88. The molecule has 15 nitrogen and oxygen atoms in total. The molecule has 0 radical (unpaired) electrons. The number of methoxy groups -OCH3 is 1. The van der Waals surface area contributed by atoms with Crippen LogP contribution < -0.4 is 0 Å². The maximum Gasteiger partial charge on any atom is 0.587 e. The molecule has 0 heterocycles. The SMILES string of the molecule is COC(=O)c1ccc(C(C[CH+]C[Si](C)(C)C)O[Si](C)(C)C)cc1.O=S(=O)(O[B-](OS(=O)(=O)C(F)(F)F)(OS(=O)(=O)C(F)(F)F)OS(=O)(=O)C(F)(F)F)C(F)(F)F. The fourth-order valence-electron chi connectivity index (χ4n) is 3.23. The van der Waals surface area contributed by atoms with E-state index in [1.54, 1.807) is 0 Å². The largest absolute Gasteiger partial charge is 0.587 e. The molecular weight excluding hydrogens is 927 g/mol. The minimum Gasteiger partial charge on any atom is -0.465 e. The topological polar surface area (TPSA) is 209 Å². The molecule has 56 heavy (non-hydrogen) atoms. The van der Waals surface area contributed by atoms with Crippen LogP contribution in [0.2, 0.25) is 45.3 Å². The molecule has 34 heteroatoms. The molecule has 0 amide bonds. The number of hydrogen-bond acceptors (Lipinski definition) is 15. The van der Waals surface area contributed by atoms with E-state index in [-0.39, 0.29) is 12.1 Å². The van der Waals surface area contributed by atoms with E-state index in [4.69, 9.17) is 9.16 Å². The molecule has 0 bridgehead atoms. The standard InChI is InChI=1S/C18H31O3Si2.C4BF12O12S4/c1-20-18(19)16-12-10-15(11-13-16)17(21-23(5,6)7)9-8-14-22(2,3)4;6-1(7,8)30(18,19)26-5(27-31(20,21)2(9,10)11,28-32(22,23)3(12,13)14)29-33(24,25)4(15,16)17/h8,10-13,17H,9,14H2,1-7H3;/q+1;-1. The van der Waals surface area contributed by atoms with Crippen LogP contribution in [0.5, 0.6) is 0 Å². The molecule has 0 aliphatic heterocycles. The van der Waals surface area contributed by atoms with Gasteiger partial charge >= 0.3 is 75.4 Å². The van der Waals surface area contributed by atoms with Gasteiger partial charge in [0.2, 0.25) is 0 Å². The third-order valence-corrected chi connectivity index (χ3v) is 12.2. The molecular formula is C22H31BF12O15S4Si2. The highest BCUT2D eigenvalue weighted by Gasteiger charge is 2.64. The number of carbonyl (C=O) groups excluding carboxylic acids is 1. The fourth-order valence-corrected chi connectivity index (χ4v) is 7.80. The number of alkyl halides is 12. The Kier molecular flexibility index (Phi) is 17.3. The zero-order valence-corrected chi connectivity index (χ0v) is 34.5. The van der Waals surface area contributed by atoms with Crippen molar-refractivity contribution in [2.75, 3.05) is 7.11 Å². The third kappa shape index (κ3) is 16.6. The van der Waals surface area contributed by atoms with Gasteiger partial charge in [-0.3, -0.25) is 0 Å². The molecule has 0 N–H and O–H groups in total. The molecule has 1 aromatic rings. The van der Waals surface area contributed by atoms with E-state index in [1.807, 2.05) is 24.3 Å². The van der Waals surface area contributed by atoms with Gasteiger partial charge in [-0.1, -0.05) is 31.8 Å². The van der Waals surface area contributed by atoms with E-state index in [1.165, 1.54) is 13.2 Å². The average Bonchev–Trinajstić information content (AvgIpc) is 2.91. The van der Waals surface area contributed by atoms with Crippen LogP contribution in [0, 0.1) is 6.42 Å². The van der Waals surface area contributed by atoms with Crippen LogP contribution >= 0.6 is 0 Å². The molecule has 0 aliphatic rings. The van der Waals surface area contributed by atoms with Crippen molar-refractivity contribution >= 4 is 69.8 Å². The Morgan fingerprint density at radius 1 is 0.625 bits per heavy atom. The Balaban J connectivity index is 0.00000115. The molecule has 328 valence electrons. The van der Waals surface area contributed by atoms with Gasteiger partial charge in [-0.25, -0.2) is 4.79 Å². The highest BCUT2D eigenvalue weighted by molar-refractivity contribution is 7.93. The van der Waals surface area contributed by atoms with Crippen LogP contribution in [0.15, 0.2) is 24.3 Å². The fraction of sp³-hybridized carbons (Fsp3) is 0.636. The van der Waals surface area contributed by atoms with Gasteiger partial charge in [-0.15, -0.1) is 0 Å². The number of ether oxygens (including phenoxy) is 1. The van der Waals surface area contributed by atoms with Gasteiger partial charge in [-0.2, -0.15) is 86.4 Å². The Hall–Kier alpha value is -2.18. The summed E-state index contributed by atoms with van der Waals surface area (Å²) in [6, 6.07) is 8.80. The molecule has 1 rings (SSSR count). The van der Waals surface area contributed by atoms with Crippen LogP contribution in [0.25, 0.3) is 0 Å². The van der Waals surface area contributed by atoms with Crippen LogP contribution in [0.4, 0.5) is 52.7 Å². The Labute approximate surface area is 314 Å². The third-order valence-electron chi connectivity index (χ3n) is 5.45. The number of rotatable bonds is 16. The van der Waals surface area contributed by atoms with Gasteiger partial charge in [0.25, 0.3) is 0 Å². The first-order valence-electron chi connectivity index (χ1n) is 14.2. The van der Waals surface area contributed by atoms with Crippen molar-refractivity contribution in [3.63, 3.8) is 0 Å². The molecule has 1 atom stereocenters. The van der Waals surface area contributed by atoms with E-state index < -0.39 is 85.9 Å². The summed E-state index contributed by atoms with van der Waals surface area (Å²) in [5.41, 5.74) is -26.8. The van der Waals surface area contributed by atoms with E-state index in [0.717, 1.165) is 12.0 Å². The lowest BCUT2D eigenvalue weighted by molar-refractivity contribution is -0.0651. The van der Waals surface area contributed by atoms with Crippen molar-refractivity contribution in [2.45, 2.75) is 79.9 Å². The molecule has 0 aliphatic carbocycles. The molecule has 0 saturated heterocycles. The predicted octanol–water partition coefficient (Wildman–Crippen LogP) is 6.19. The summed E-state index contributed by atoms with van der Waals surface area (Å²) >= 11 is 0. The van der Waals surface area contributed by atoms with Crippen LogP contribution in [-0.4, -0.2) is 92.1 Å². The maximum absolute atomic E-state index is 12.4. The Morgan fingerprint density at radius 3 is 1.16 bits per heavy atom. The van der Waals surface area contributed by atoms with Crippen molar-refractivity contribution in [1.29, 1.82) is 0 Å². The van der Waals surface area contributed by atoms with Crippen molar-refractivity contribution < 1.29 is 117 Å². The number of hydrogen-bond donors (Lipinski definition) is 0. The molecule has 1 unspecified atom stereocenters. The number of halogens is 12. The minimum absolute atomic E-state index is 0.0738. The van der Waals surface area contributed by atoms with Gasteiger partial charge in [0.15, 0.2) is 8.32 Å². The van der Waals surface area contributed by atoms with E-state index in [2.05, 4.69) is 62.1 Å². The second kappa shape index (κ2) is 18.0. The summed E-state index contributed by atoms with van der Waals surface area (Å²) in [7, 11) is -33.5. The first-order chi connectivity index (χ1) is 24.3. The molecule has 0 aromatic heterocycles. The number of carbonyl (C=O) groups is 1. The monoisotopic (exact) mass is 958 g/mol. The van der Waals surface area contributed by atoms with E-state index >= 15 is 0 Å². The number of esters is 1. The Bertz CT molecular complexity index is 1750. The lowest BCUT2D eigenvalue weighted by atomic mass is 10.0. The van der Waals surface area contributed by atoms with Crippen LogP contribution in [0.3, 0.4) is 0 Å². The smallest absolute Gasteiger partial charge is 0.465 e. The minimum atomic E-state index is -8.05. The first kappa shape index (κ1) is 53.8. The van der Waals surface area contributed by atoms with Crippen molar-refractivity contribution in [2.24, 2.45) is 0 Å². The summed E-state index contributed by atoms with van der Waals surface area (Å²) in [5, 5.41) is 0. The van der Waals surface area contributed by atoms with Crippen LogP contribution in [0.1, 0.15) is 28.4 Å². The zero-order chi connectivity index (χ0) is 45.0. The lowest BCUT2D eigenvalue weighted by Gasteiger charge is -2.37.